The molecule has 0 aromatic heterocycles. The van der Waals surface area contributed by atoms with E-state index in [0.717, 1.165) is 11.1 Å². The number of nitrogens with one attached hydrogen (secondary N) is 2. The number of aryl methyl sites for hydroxylation is 1. The Bertz CT molecular complexity index is 1010. The van der Waals surface area contributed by atoms with E-state index in [-0.39, 0.29) is 18.2 Å². The maximum Gasteiger partial charge on any atom is 0.253 e. The summed E-state index contributed by atoms with van der Waals surface area (Å²) in [5.41, 5.74) is 3.53. The third kappa shape index (κ3) is 5.59. The Morgan fingerprint density at radius 3 is 2.21 bits per heavy atom. The van der Waals surface area contributed by atoms with Gasteiger partial charge >= 0.3 is 0 Å². The number of hydrogen-bond acceptors (Lipinski definition) is 2. The lowest BCUT2D eigenvalue weighted by Gasteiger charge is -2.12. The number of hydrogen-bond donors (Lipinski definition) is 2. The highest BCUT2D eigenvalue weighted by molar-refractivity contribution is 6.36. The van der Waals surface area contributed by atoms with Crippen molar-refractivity contribution in [3.05, 3.63) is 99.0 Å². The summed E-state index contributed by atoms with van der Waals surface area (Å²) in [5, 5.41) is 6.52. The molecule has 0 unspecified atom stereocenters. The van der Waals surface area contributed by atoms with Crippen LogP contribution < -0.4 is 10.6 Å². The topological polar surface area (TPSA) is 58.2 Å². The molecular weight excluding hydrogens is 407 g/mol. The molecule has 0 aliphatic rings. The third-order valence-electron chi connectivity index (χ3n) is 4.42. The van der Waals surface area contributed by atoms with Gasteiger partial charge in [0.25, 0.3) is 5.91 Å². The number of benzene rings is 3. The molecule has 0 saturated carbocycles. The zero-order valence-corrected chi connectivity index (χ0v) is 17.3. The lowest BCUT2D eigenvalue weighted by atomic mass is 10.1. The molecule has 2 amide bonds. The lowest BCUT2D eigenvalue weighted by molar-refractivity contribution is -0.115. The minimum Gasteiger partial charge on any atom is -0.348 e. The fourth-order valence-corrected chi connectivity index (χ4v) is 3.36. The molecule has 6 heteroatoms. The molecular formula is C23H20Cl2N2O2. The number of amides is 2. The van der Waals surface area contributed by atoms with Crippen LogP contribution in [0, 0.1) is 6.92 Å². The standard InChI is InChI=1S/C23H20Cl2N2O2/c1-15-9-11-16(12-10-15)14-26-23(29)17-5-2-3-8-21(17)27-22(28)13-18-19(24)6-4-7-20(18)25/h2-12H,13-14H2,1H3,(H,26,29)(H,27,28). The second kappa shape index (κ2) is 9.59. The van der Waals surface area contributed by atoms with Crippen molar-refractivity contribution in [2.24, 2.45) is 0 Å². The SMILES string of the molecule is Cc1ccc(CNC(=O)c2ccccc2NC(=O)Cc2c(Cl)cccc2Cl)cc1. The molecule has 3 aromatic rings. The maximum atomic E-state index is 12.6. The van der Waals surface area contributed by atoms with Gasteiger partial charge < -0.3 is 10.6 Å². The third-order valence-corrected chi connectivity index (χ3v) is 5.13. The summed E-state index contributed by atoms with van der Waals surface area (Å²) in [6, 6.07) is 19.9. The molecule has 0 heterocycles. The quantitative estimate of drug-likeness (QED) is 0.553. The van der Waals surface area contributed by atoms with Crippen LogP contribution in [0.15, 0.2) is 66.7 Å². The number of para-hydroxylation sites is 1. The Hall–Kier alpha value is -2.82. The molecule has 3 aromatic carbocycles. The first kappa shape index (κ1) is 20.9. The van der Waals surface area contributed by atoms with Crippen LogP contribution in [-0.4, -0.2) is 11.8 Å². The summed E-state index contributed by atoms with van der Waals surface area (Å²) in [5.74, 6) is -0.573. The first-order chi connectivity index (χ1) is 13.9. The van der Waals surface area contributed by atoms with Crippen LogP contribution in [0.3, 0.4) is 0 Å². The van der Waals surface area contributed by atoms with E-state index < -0.39 is 0 Å². The largest absolute Gasteiger partial charge is 0.348 e. The molecule has 0 saturated heterocycles. The second-order valence-corrected chi connectivity index (χ2v) is 7.45. The molecule has 0 fully saturated rings. The van der Waals surface area contributed by atoms with Gasteiger partial charge in [0.05, 0.1) is 17.7 Å². The van der Waals surface area contributed by atoms with Gasteiger partial charge in [0, 0.05) is 16.6 Å². The summed E-state index contributed by atoms with van der Waals surface area (Å²) in [7, 11) is 0. The average Bonchev–Trinajstić information content (AvgIpc) is 2.70. The first-order valence-electron chi connectivity index (χ1n) is 9.09. The van der Waals surface area contributed by atoms with Crippen LogP contribution in [0.5, 0.6) is 0 Å². The minimum absolute atomic E-state index is 0.0117. The predicted molar refractivity (Wildman–Crippen MR) is 118 cm³/mol. The fraction of sp³-hybridized carbons (Fsp3) is 0.130. The smallest absolute Gasteiger partial charge is 0.253 e. The van der Waals surface area contributed by atoms with Gasteiger partial charge in [-0.2, -0.15) is 0 Å². The normalized spacial score (nSPS) is 10.4. The van der Waals surface area contributed by atoms with E-state index in [0.29, 0.717) is 33.4 Å². The summed E-state index contributed by atoms with van der Waals surface area (Å²) >= 11 is 12.3. The van der Waals surface area contributed by atoms with Crippen molar-refractivity contribution >= 4 is 40.7 Å². The highest BCUT2D eigenvalue weighted by Crippen LogP contribution is 2.25. The number of carbonyl (C=O) groups excluding carboxylic acids is 2. The van der Waals surface area contributed by atoms with Crippen molar-refractivity contribution in [3.8, 4) is 0 Å². The number of anilines is 1. The number of halogens is 2. The van der Waals surface area contributed by atoms with Crippen LogP contribution in [0.25, 0.3) is 0 Å². The molecule has 29 heavy (non-hydrogen) atoms. The Labute approximate surface area is 179 Å². The van der Waals surface area contributed by atoms with Crippen molar-refractivity contribution in [3.63, 3.8) is 0 Å². The van der Waals surface area contributed by atoms with E-state index in [4.69, 9.17) is 23.2 Å². The fourth-order valence-electron chi connectivity index (χ4n) is 2.83. The van der Waals surface area contributed by atoms with E-state index in [1.54, 1.807) is 42.5 Å². The monoisotopic (exact) mass is 426 g/mol. The highest BCUT2D eigenvalue weighted by Gasteiger charge is 2.15. The summed E-state index contributed by atoms with van der Waals surface area (Å²) in [6.45, 7) is 2.41. The van der Waals surface area contributed by atoms with Gasteiger partial charge in [0.1, 0.15) is 0 Å². The van der Waals surface area contributed by atoms with E-state index in [9.17, 15) is 9.59 Å². The maximum absolute atomic E-state index is 12.6. The molecule has 4 nitrogen and oxygen atoms in total. The zero-order chi connectivity index (χ0) is 20.8. The number of carbonyl (C=O) groups is 2. The van der Waals surface area contributed by atoms with E-state index in [1.807, 2.05) is 31.2 Å². The van der Waals surface area contributed by atoms with Gasteiger partial charge in [-0.05, 0) is 42.3 Å². The molecule has 0 atom stereocenters. The Morgan fingerprint density at radius 1 is 0.862 bits per heavy atom. The van der Waals surface area contributed by atoms with Crippen molar-refractivity contribution in [1.82, 2.24) is 5.32 Å². The van der Waals surface area contributed by atoms with Gasteiger partial charge in [0.15, 0.2) is 0 Å². The van der Waals surface area contributed by atoms with Gasteiger partial charge in [-0.15, -0.1) is 0 Å². The molecule has 2 N–H and O–H groups in total. The van der Waals surface area contributed by atoms with Crippen LogP contribution in [-0.2, 0) is 17.8 Å². The average molecular weight is 427 g/mol. The summed E-state index contributed by atoms with van der Waals surface area (Å²) in [6.07, 6.45) is 0.0117. The van der Waals surface area contributed by atoms with E-state index in [2.05, 4.69) is 10.6 Å². The zero-order valence-electron chi connectivity index (χ0n) is 15.8. The Morgan fingerprint density at radius 2 is 1.52 bits per heavy atom. The van der Waals surface area contributed by atoms with E-state index >= 15 is 0 Å². The Kier molecular flexibility index (Phi) is 6.91. The van der Waals surface area contributed by atoms with Crippen LogP contribution >= 0.6 is 23.2 Å². The number of rotatable bonds is 6. The van der Waals surface area contributed by atoms with Crippen LogP contribution in [0.4, 0.5) is 5.69 Å². The molecule has 0 aliphatic carbocycles. The molecule has 0 bridgehead atoms. The van der Waals surface area contributed by atoms with E-state index in [1.165, 1.54) is 0 Å². The molecule has 3 rings (SSSR count). The highest BCUT2D eigenvalue weighted by atomic mass is 35.5. The van der Waals surface area contributed by atoms with Crippen LogP contribution in [0.2, 0.25) is 10.0 Å². The van der Waals surface area contributed by atoms with Gasteiger partial charge in [0.2, 0.25) is 5.91 Å². The van der Waals surface area contributed by atoms with Crippen molar-refractivity contribution in [1.29, 1.82) is 0 Å². The van der Waals surface area contributed by atoms with Gasteiger partial charge in [-0.1, -0.05) is 71.2 Å². The molecule has 0 spiro atoms. The van der Waals surface area contributed by atoms with Crippen molar-refractivity contribution in [2.45, 2.75) is 19.9 Å². The first-order valence-corrected chi connectivity index (χ1v) is 9.85. The predicted octanol–water partition coefficient (Wildman–Crippen LogP) is 5.41. The van der Waals surface area contributed by atoms with Gasteiger partial charge in [-0.3, -0.25) is 9.59 Å². The molecule has 0 aliphatic heterocycles. The lowest BCUT2D eigenvalue weighted by Crippen LogP contribution is -2.25. The summed E-state index contributed by atoms with van der Waals surface area (Å²) < 4.78 is 0. The second-order valence-electron chi connectivity index (χ2n) is 6.64. The van der Waals surface area contributed by atoms with Crippen LogP contribution in [0.1, 0.15) is 27.0 Å². The Balaban J connectivity index is 1.68. The minimum atomic E-state index is -0.307. The summed E-state index contributed by atoms with van der Waals surface area (Å²) in [4.78, 5) is 25.2. The molecule has 148 valence electrons. The van der Waals surface area contributed by atoms with Crippen molar-refractivity contribution in [2.75, 3.05) is 5.32 Å². The van der Waals surface area contributed by atoms with Crippen molar-refractivity contribution < 1.29 is 9.59 Å². The van der Waals surface area contributed by atoms with Gasteiger partial charge in [-0.25, -0.2) is 0 Å². The molecule has 0 radical (unpaired) electrons.